The lowest BCUT2D eigenvalue weighted by Crippen LogP contribution is -2.51. The average Bonchev–Trinajstić information content (AvgIpc) is 2.66. The van der Waals surface area contributed by atoms with Gasteiger partial charge < -0.3 is 10.3 Å². The number of hydrogen-bond acceptors (Lipinski definition) is 5. The molecule has 28 heavy (non-hydrogen) atoms. The third-order valence-corrected chi connectivity index (χ3v) is 4.82. The number of halogens is 2. The first-order chi connectivity index (χ1) is 13.3. The summed E-state index contributed by atoms with van der Waals surface area (Å²) in [5.41, 5.74) is -0.145. The van der Waals surface area contributed by atoms with Gasteiger partial charge in [0.05, 0.1) is 17.9 Å². The summed E-state index contributed by atoms with van der Waals surface area (Å²) >= 11 is 0. The Balaban J connectivity index is 1.72. The van der Waals surface area contributed by atoms with Gasteiger partial charge >= 0.3 is 6.17 Å². The van der Waals surface area contributed by atoms with Crippen molar-refractivity contribution in [2.45, 2.75) is 19.5 Å². The van der Waals surface area contributed by atoms with Gasteiger partial charge in [-0.2, -0.15) is 5.26 Å². The number of carbonyl (C=O) groups is 1. The van der Waals surface area contributed by atoms with Gasteiger partial charge in [-0.15, -0.1) is 0 Å². The molecule has 1 aliphatic rings. The maximum Gasteiger partial charge on any atom is 0.341 e. The highest BCUT2D eigenvalue weighted by Crippen LogP contribution is 2.23. The standard InChI is InChI=1S/C18H17F2N5O3/c1-9-11(18(27)24-13-3-2-12(19)17(20)16(9)13)4-15(26)23-7-10-6-22-14(5-21)25(28)8-10/h2-3,10,14,22H,4,6-8H2,1H3,(H-,23,24,26,27)/p+1. The van der Waals surface area contributed by atoms with Crippen LogP contribution in [0, 0.1) is 40.7 Å². The number of aryl methyl sites for hydroxylation is 1. The number of nitriles is 1. The molecular formula is C18H18F2N5O3+. The fourth-order valence-electron chi connectivity index (χ4n) is 3.29. The van der Waals surface area contributed by atoms with Gasteiger partial charge in [-0.25, -0.2) is 14.1 Å². The monoisotopic (exact) mass is 390 g/mol. The van der Waals surface area contributed by atoms with E-state index in [0.29, 0.717) is 11.3 Å². The SMILES string of the molecule is Cc1c(CC(=O)NCC2CNC(C#N)[N+](=O)C2)c(=O)[nH]c2ccc(F)c(F)c12. The summed E-state index contributed by atoms with van der Waals surface area (Å²) in [5, 5.41) is 14.1. The number of rotatable bonds is 4. The van der Waals surface area contributed by atoms with Crippen LogP contribution in [0.1, 0.15) is 11.1 Å². The average molecular weight is 390 g/mol. The number of pyridine rings is 1. The van der Waals surface area contributed by atoms with E-state index in [-0.39, 0.29) is 47.5 Å². The van der Waals surface area contributed by atoms with Crippen molar-refractivity contribution in [3.05, 3.63) is 50.2 Å². The Morgan fingerprint density at radius 2 is 2.18 bits per heavy atom. The Morgan fingerprint density at radius 3 is 2.86 bits per heavy atom. The summed E-state index contributed by atoms with van der Waals surface area (Å²) < 4.78 is 28.3. The summed E-state index contributed by atoms with van der Waals surface area (Å²) in [6.45, 7) is 2.12. The number of aromatic nitrogens is 1. The van der Waals surface area contributed by atoms with Crippen LogP contribution in [0.3, 0.4) is 0 Å². The van der Waals surface area contributed by atoms with E-state index in [1.807, 2.05) is 6.07 Å². The number of hydrogen-bond donors (Lipinski definition) is 3. The molecule has 0 spiro atoms. The van der Waals surface area contributed by atoms with Gasteiger partial charge in [0.1, 0.15) is 0 Å². The van der Waals surface area contributed by atoms with E-state index < -0.39 is 29.3 Å². The number of benzene rings is 1. The van der Waals surface area contributed by atoms with Crippen molar-refractivity contribution < 1.29 is 18.3 Å². The van der Waals surface area contributed by atoms with Crippen molar-refractivity contribution in [2.75, 3.05) is 19.6 Å². The van der Waals surface area contributed by atoms with E-state index in [0.717, 1.165) is 6.07 Å². The number of carbonyl (C=O) groups excluding carboxylic acids is 1. The highest BCUT2D eigenvalue weighted by molar-refractivity contribution is 5.86. The van der Waals surface area contributed by atoms with Crippen LogP contribution < -0.4 is 16.2 Å². The van der Waals surface area contributed by atoms with Gasteiger partial charge in [0.25, 0.3) is 5.56 Å². The number of nitroso groups, excluding NO2 is 1. The van der Waals surface area contributed by atoms with Gasteiger partial charge in [-0.05, 0) is 24.6 Å². The molecule has 0 aliphatic carbocycles. The van der Waals surface area contributed by atoms with Crippen LogP contribution in [0.5, 0.6) is 0 Å². The van der Waals surface area contributed by atoms with Crippen molar-refractivity contribution in [2.24, 2.45) is 5.92 Å². The maximum absolute atomic E-state index is 14.1. The lowest BCUT2D eigenvalue weighted by atomic mass is 10.0. The minimum Gasteiger partial charge on any atom is -0.355 e. The molecule has 8 nitrogen and oxygen atoms in total. The third-order valence-electron chi connectivity index (χ3n) is 4.82. The summed E-state index contributed by atoms with van der Waals surface area (Å²) in [7, 11) is 0. The van der Waals surface area contributed by atoms with Gasteiger partial charge in [0, 0.05) is 33.7 Å². The molecule has 0 bridgehead atoms. The zero-order valence-corrected chi connectivity index (χ0v) is 15.0. The molecular weight excluding hydrogens is 372 g/mol. The van der Waals surface area contributed by atoms with E-state index in [4.69, 9.17) is 5.26 Å². The maximum atomic E-state index is 14.1. The van der Waals surface area contributed by atoms with Crippen molar-refractivity contribution in [1.82, 2.24) is 15.6 Å². The Labute approximate surface area is 158 Å². The molecule has 3 rings (SSSR count). The number of amides is 1. The summed E-state index contributed by atoms with van der Waals surface area (Å²) in [4.78, 5) is 38.6. The minimum absolute atomic E-state index is 0.0475. The highest BCUT2D eigenvalue weighted by atomic mass is 19.2. The molecule has 1 aliphatic heterocycles. The fourth-order valence-corrected chi connectivity index (χ4v) is 3.29. The quantitative estimate of drug-likeness (QED) is 0.662. The molecule has 1 aromatic carbocycles. The molecule has 1 amide bonds. The molecule has 10 heteroatoms. The lowest BCUT2D eigenvalue weighted by molar-refractivity contribution is -0.593. The first kappa shape index (κ1) is 19.6. The number of H-pyrrole nitrogens is 1. The van der Waals surface area contributed by atoms with Gasteiger partial charge in [0.15, 0.2) is 17.7 Å². The number of nitrogens with one attached hydrogen (secondary N) is 3. The smallest absolute Gasteiger partial charge is 0.341 e. The predicted octanol–water partition coefficient (Wildman–Crippen LogP) is 0.621. The van der Waals surface area contributed by atoms with E-state index in [9.17, 15) is 23.3 Å². The van der Waals surface area contributed by atoms with Crippen LogP contribution in [0.2, 0.25) is 0 Å². The fraction of sp³-hybridized carbons (Fsp3) is 0.389. The van der Waals surface area contributed by atoms with Crippen LogP contribution in [-0.4, -0.2) is 41.5 Å². The van der Waals surface area contributed by atoms with Crippen LogP contribution in [0.25, 0.3) is 10.9 Å². The molecule has 2 aromatic rings. The molecule has 3 N–H and O–H groups in total. The molecule has 2 unspecified atom stereocenters. The Morgan fingerprint density at radius 1 is 1.43 bits per heavy atom. The summed E-state index contributed by atoms with van der Waals surface area (Å²) in [5.74, 6) is -2.80. The van der Waals surface area contributed by atoms with Crippen LogP contribution in [-0.2, 0) is 11.2 Å². The molecule has 0 radical (unpaired) electrons. The lowest BCUT2D eigenvalue weighted by Gasteiger charge is -2.20. The largest absolute Gasteiger partial charge is 0.355 e. The molecule has 1 saturated heterocycles. The topological polar surface area (TPSA) is 118 Å². The van der Waals surface area contributed by atoms with E-state index >= 15 is 0 Å². The summed E-state index contributed by atoms with van der Waals surface area (Å²) in [6, 6.07) is 4.02. The van der Waals surface area contributed by atoms with Crippen molar-refractivity contribution in [1.29, 1.82) is 5.26 Å². The summed E-state index contributed by atoms with van der Waals surface area (Å²) in [6.07, 6.45) is -1.21. The van der Waals surface area contributed by atoms with E-state index in [2.05, 4.69) is 15.6 Å². The molecule has 2 atom stereocenters. The minimum atomic E-state index is -1.08. The number of aromatic amines is 1. The number of fused-ring (bicyclic) bond motifs is 1. The van der Waals surface area contributed by atoms with Crippen molar-refractivity contribution in [3.63, 3.8) is 0 Å². The second-order valence-corrected chi connectivity index (χ2v) is 6.73. The Hall–Kier alpha value is -3.19. The predicted molar refractivity (Wildman–Crippen MR) is 95.3 cm³/mol. The zero-order valence-electron chi connectivity index (χ0n) is 15.0. The van der Waals surface area contributed by atoms with Crippen molar-refractivity contribution >= 4 is 16.8 Å². The molecule has 0 saturated carbocycles. The second-order valence-electron chi connectivity index (χ2n) is 6.73. The second kappa shape index (κ2) is 7.82. The molecule has 146 valence electrons. The van der Waals surface area contributed by atoms with Crippen LogP contribution >= 0.6 is 0 Å². The highest BCUT2D eigenvalue weighted by Gasteiger charge is 2.34. The first-order valence-corrected chi connectivity index (χ1v) is 8.64. The Bertz CT molecular complexity index is 1060. The van der Waals surface area contributed by atoms with Crippen LogP contribution in [0.15, 0.2) is 16.9 Å². The van der Waals surface area contributed by atoms with E-state index in [1.165, 1.54) is 13.0 Å². The first-order valence-electron chi connectivity index (χ1n) is 8.64. The molecule has 1 fully saturated rings. The van der Waals surface area contributed by atoms with E-state index in [1.54, 1.807) is 0 Å². The number of nitrogens with zero attached hydrogens (tertiary/aromatic N) is 2. The third kappa shape index (κ3) is 3.75. The molecule has 1 aromatic heterocycles. The molecule has 2 heterocycles. The van der Waals surface area contributed by atoms with Crippen LogP contribution in [0.4, 0.5) is 8.78 Å². The zero-order chi connectivity index (χ0) is 20.4. The van der Waals surface area contributed by atoms with Crippen molar-refractivity contribution in [3.8, 4) is 6.07 Å². The normalized spacial score (nSPS) is 19.4. The van der Waals surface area contributed by atoms with Gasteiger partial charge in [-0.1, -0.05) is 0 Å². The Kier molecular flexibility index (Phi) is 5.46. The van der Waals surface area contributed by atoms with Gasteiger partial charge in [0.2, 0.25) is 12.5 Å². The van der Waals surface area contributed by atoms with Gasteiger partial charge in [-0.3, -0.25) is 9.59 Å².